The zero-order valence-electron chi connectivity index (χ0n) is 9.97. The first kappa shape index (κ1) is 15.1. The number of urea groups is 1. The van der Waals surface area contributed by atoms with E-state index in [1.54, 1.807) is 20.8 Å². The second-order valence-electron chi connectivity index (χ2n) is 3.49. The van der Waals surface area contributed by atoms with Gasteiger partial charge in [-0.05, 0) is 20.3 Å². The predicted octanol–water partition coefficient (Wildman–Crippen LogP) is 2.72. The first-order valence-electron chi connectivity index (χ1n) is 5.46. The molecule has 0 saturated heterocycles. The van der Waals surface area contributed by atoms with Crippen molar-refractivity contribution in [3.8, 4) is 0 Å². The molecule has 0 rings (SSSR count). The molecular weight excluding hydrogens is 221 g/mol. The highest BCUT2D eigenvalue weighted by molar-refractivity contribution is 5.74. The van der Waals surface area contributed by atoms with E-state index in [0.29, 0.717) is 19.5 Å². The molecule has 0 aliphatic heterocycles. The van der Waals surface area contributed by atoms with Crippen LogP contribution in [0.5, 0.6) is 0 Å². The Morgan fingerprint density at radius 1 is 1.06 bits per heavy atom. The first-order chi connectivity index (χ1) is 7.35. The Hall–Kier alpha value is -0.940. The summed E-state index contributed by atoms with van der Waals surface area (Å²) in [5, 5.41) is 0. The van der Waals surface area contributed by atoms with Crippen LogP contribution in [0.1, 0.15) is 27.2 Å². The van der Waals surface area contributed by atoms with Crippen molar-refractivity contribution in [1.82, 2.24) is 9.80 Å². The highest BCUT2D eigenvalue weighted by Gasteiger charge is 2.33. The van der Waals surface area contributed by atoms with Gasteiger partial charge in [0.05, 0.1) is 0 Å². The number of amides is 2. The van der Waals surface area contributed by atoms with Crippen molar-refractivity contribution in [1.29, 1.82) is 0 Å². The lowest BCUT2D eigenvalue weighted by atomic mass is 10.4. The molecule has 96 valence electrons. The molecule has 0 aromatic carbocycles. The molecule has 3 nitrogen and oxygen atoms in total. The highest BCUT2D eigenvalue weighted by atomic mass is 19.4. The van der Waals surface area contributed by atoms with Crippen LogP contribution in [0.4, 0.5) is 18.0 Å². The van der Waals surface area contributed by atoms with Gasteiger partial charge in [-0.25, -0.2) is 4.79 Å². The smallest absolute Gasteiger partial charge is 0.325 e. The molecule has 0 radical (unpaired) electrons. The first-order valence-corrected chi connectivity index (χ1v) is 5.46. The van der Waals surface area contributed by atoms with Gasteiger partial charge in [0.15, 0.2) is 0 Å². The van der Waals surface area contributed by atoms with E-state index in [1.165, 1.54) is 4.90 Å². The monoisotopic (exact) mass is 240 g/mol. The summed E-state index contributed by atoms with van der Waals surface area (Å²) in [7, 11) is 0. The lowest BCUT2D eigenvalue weighted by Crippen LogP contribution is -2.47. The second kappa shape index (κ2) is 6.60. The van der Waals surface area contributed by atoms with Crippen LogP contribution in [0.3, 0.4) is 0 Å². The van der Waals surface area contributed by atoms with Crippen LogP contribution in [0.15, 0.2) is 0 Å². The van der Waals surface area contributed by atoms with Gasteiger partial charge in [0.25, 0.3) is 0 Å². The summed E-state index contributed by atoms with van der Waals surface area (Å²) in [5.74, 6) is 0. The summed E-state index contributed by atoms with van der Waals surface area (Å²) in [5.41, 5.74) is 0. The molecule has 0 aromatic heterocycles. The Bertz CT molecular complexity index is 215. The van der Waals surface area contributed by atoms with Gasteiger partial charge in [0.2, 0.25) is 0 Å². The molecule has 0 spiro atoms. The molecule has 0 unspecified atom stereocenters. The number of nitrogens with zero attached hydrogens (tertiary/aromatic N) is 2. The molecular formula is C10H19F3N2O. The molecule has 6 heteroatoms. The Labute approximate surface area is 94.2 Å². The van der Waals surface area contributed by atoms with E-state index in [-0.39, 0.29) is 6.54 Å². The zero-order valence-corrected chi connectivity index (χ0v) is 9.97. The van der Waals surface area contributed by atoms with Crippen molar-refractivity contribution >= 4 is 6.03 Å². The van der Waals surface area contributed by atoms with Crippen LogP contribution in [0.2, 0.25) is 0 Å². The zero-order chi connectivity index (χ0) is 12.8. The SMILES string of the molecule is CCCN(CC(F)(F)F)C(=O)N(CC)CC. The van der Waals surface area contributed by atoms with Gasteiger partial charge < -0.3 is 9.80 Å². The van der Waals surface area contributed by atoms with E-state index in [1.807, 2.05) is 0 Å². The molecule has 0 N–H and O–H groups in total. The Morgan fingerprint density at radius 3 is 1.88 bits per heavy atom. The maximum atomic E-state index is 12.2. The minimum atomic E-state index is -4.34. The fourth-order valence-corrected chi connectivity index (χ4v) is 1.42. The Morgan fingerprint density at radius 2 is 1.56 bits per heavy atom. The molecule has 0 aliphatic carbocycles. The molecule has 0 heterocycles. The largest absolute Gasteiger partial charge is 0.406 e. The molecule has 0 atom stereocenters. The van der Waals surface area contributed by atoms with E-state index in [2.05, 4.69) is 0 Å². The van der Waals surface area contributed by atoms with Crippen LogP contribution in [-0.2, 0) is 0 Å². The minimum absolute atomic E-state index is 0.134. The van der Waals surface area contributed by atoms with Crippen molar-refractivity contribution < 1.29 is 18.0 Å². The lowest BCUT2D eigenvalue weighted by Gasteiger charge is -2.29. The van der Waals surface area contributed by atoms with Crippen molar-refractivity contribution in [2.45, 2.75) is 33.4 Å². The van der Waals surface area contributed by atoms with E-state index in [9.17, 15) is 18.0 Å². The summed E-state index contributed by atoms with van der Waals surface area (Å²) >= 11 is 0. The van der Waals surface area contributed by atoms with Gasteiger partial charge in [0, 0.05) is 19.6 Å². The summed E-state index contributed by atoms with van der Waals surface area (Å²) < 4.78 is 36.7. The third-order valence-corrected chi connectivity index (χ3v) is 2.17. The molecule has 0 fully saturated rings. The van der Waals surface area contributed by atoms with Gasteiger partial charge in [-0.3, -0.25) is 0 Å². The number of halogens is 3. The molecule has 16 heavy (non-hydrogen) atoms. The van der Waals surface area contributed by atoms with E-state index < -0.39 is 18.8 Å². The van der Waals surface area contributed by atoms with Gasteiger partial charge in [-0.2, -0.15) is 13.2 Å². The molecule has 0 bridgehead atoms. The number of carbonyl (C=O) groups excluding carboxylic acids is 1. The van der Waals surface area contributed by atoms with Crippen LogP contribution in [-0.4, -0.2) is 48.2 Å². The second-order valence-corrected chi connectivity index (χ2v) is 3.49. The van der Waals surface area contributed by atoms with Gasteiger partial charge in [0.1, 0.15) is 6.54 Å². The molecule has 0 aliphatic rings. The van der Waals surface area contributed by atoms with Crippen LogP contribution >= 0.6 is 0 Å². The number of hydrogen-bond acceptors (Lipinski definition) is 1. The summed E-state index contributed by atoms with van der Waals surface area (Å²) in [6.45, 7) is 5.06. The fourth-order valence-electron chi connectivity index (χ4n) is 1.42. The molecule has 0 saturated carbocycles. The van der Waals surface area contributed by atoms with E-state index in [4.69, 9.17) is 0 Å². The van der Waals surface area contributed by atoms with Crippen LogP contribution in [0, 0.1) is 0 Å². The maximum Gasteiger partial charge on any atom is 0.406 e. The predicted molar refractivity (Wildman–Crippen MR) is 56.2 cm³/mol. The van der Waals surface area contributed by atoms with Crippen LogP contribution < -0.4 is 0 Å². The topological polar surface area (TPSA) is 23.6 Å². The third-order valence-electron chi connectivity index (χ3n) is 2.17. The molecule has 0 aromatic rings. The maximum absolute atomic E-state index is 12.2. The lowest BCUT2D eigenvalue weighted by molar-refractivity contribution is -0.141. The number of carbonyl (C=O) groups is 1. The van der Waals surface area contributed by atoms with Gasteiger partial charge in [-0.15, -0.1) is 0 Å². The number of alkyl halides is 3. The highest BCUT2D eigenvalue weighted by Crippen LogP contribution is 2.17. The summed E-state index contributed by atoms with van der Waals surface area (Å²) in [6.07, 6.45) is -3.82. The average molecular weight is 240 g/mol. The van der Waals surface area contributed by atoms with Crippen molar-refractivity contribution in [3.63, 3.8) is 0 Å². The Balaban J connectivity index is 4.57. The fraction of sp³-hybridized carbons (Fsp3) is 0.900. The standard InChI is InChI=1S/C10H19F3N2O/c1-4-7-15(8-10(11,12)13)9(16)14(5-2)6-3/h4-8H2,1-3H3. The van der Waals surface area contributed by atoms with E-state index in [0.717, 1.165) is 4.90 Å². The van der Waals surface area contributed by atoms with Crippen molar-refractivity contribution in [2.75, 3.05) is 26.2 Å². The normalized spacial score (nSPS) is 11.4. The van der Waals surface area contributed by atoms with Crippen LogP contribution in [0.25, 0.3) is 0 Å². The average Bonchev–Trinajstić information content (AvgIpc) is 2.17. The quantitative estimate of drug-likeness (QED) is 0.724. The number of rotatable bonds is 5. The van der Waals surface area contributed by atoms with Gasteiger partial charge in [-0.1, -0.05) is 6.92 Å². The third kappa shape index (κ3) is 5.23. The van der Waals surface area contributed by atoms with E-state index >= 15 is 0 Å². The van der Waals surface area contributed by atoms with Crippen molar-refractivity contribution in [2.24, 2.45) is 0 Å². The minimum Gasteiger partial charge on any atom is -0.325 e. The summed E-state index contributed by atoms with van der Waals surface area (Å²) in [6, 6.07) is -0.538. The summed E-state index contributed by atoms with van der Waals surface area (Å²) in [4.78, 5) is 14.0. The van der Waals surface area contributed by atoms with Crippen molar-refractivity contribution in [3.05, 3.63) is 0 Å². The number of hydrogen-bond donors (Lipinski definition) is 0. The molecule has 2 amide bonds. The Kier molecular flexibility index (Phi) is 6.21. The van der Waals surface area contributed by atoms with Gasteiger partial charge >= 0.3 is 12.2 Å².